The van der Waals surface area contributed by atoms with Crippen LogP contribution in [0.5, 0.6) is 0 Å². The Morgan fingerprint density at radius 2 is 2.09 bits per heavy atom. The summed E-state index contributed by atoms with van der Waals surface area (Å²) >= 11 is 7.37. The minimum atomic E-state index is -3.76. The molecule has 1 fully saturated rings. The van der Waals surface area contributed by atoms with Gasteiger partial charge in [0.2, 0.25) is 0 Å². The Kier molecular flexibility index (Phi) is 4.15. The average molecular weight is 360 g/mol. The van der Waals surface area contributed by atoms with Crippen molar-refractivity contribution in [2.45, 2.75) is 17.1 Å². The maximum Gasteiger partial charge on any atom is 0.307 e. The number of piperidine rings is 1. The monoisotopic (exact) mass is 359 g/mol. The van der Waals surface area contributed by atoms with Gasteiger partial charge in [0, 0.05) is 23.2 Å². The summed E-state index contributed by atoms with van der Waals surface area (Å²) in [5, 5.41) is 10.0. The van der Waals surface area contributed by atoms with Gasteiger partial charge in [0.25, 0.3) is 10.0 Å². The van der Waals surface area contributed by atoms with Gasteiger partial charge in [-0.05, 0) is 18.9 Å². The maximum atomic E-state index is 12.8. The molecule has 118 valence electrons. The highest BCUT2D eigenvalue weighted by molar-refractivity contribution is 7.91. The van der Waals surface area contributed by atoms with Crippen LogP contribution in [-0.4, -0.2) is 36.9 Å². The van der Waals surface area contributed by atoms with Gasteiger partial charge in [-0.15, -0.1) is 11.3 Å². The number of fused-ring (bicyclic) bond motifs is 1. The van der Waals surface area contributed by atoms with Gasteiger partial charge in [-0.2, -0.15) is 4.31 Å². The third-order valence-electron chi connectivity index (χ3n) is 3.81. The third-order valence-corrected chi connectivity index (χ3v) is 7.96. The third kappa shape index (κ3) is 2.62. The molecule has 3 rings (SSSR count). The van der Waals surface area contributed by atoms with Gasteiger partial charge in [-0.1, -0.05) is 29.8 Å². The van der Waals surface area contributed by atoms with Gasteiger partial charge >= 0.3 is 5.97 Å². The van der Waals surface area contributed by atoms with Crippen LogP contribution in [0.15, 0.2) is 28.5 Å². The van der Waals surface area contributed by atoms with Gasteiger partial charge in [0.1, 0.15) is 0 Å². The number of halogens is 1. The van der Waals surface area contributed by atoms with Crippen molar-refractivity contribution >= 4 is 49.0 Å². The number of thiophene rings is 1. The Morgan fingerprint density at radius 1 is 1.36 bits per heavy atom. The van der Waals surface area contributed by atoms with E-state index in [2.05, 4.69) is 0 Å². The zero-order valence-corrected chi connectivity index (χ0v) is 13.9. The number of nitrogens with zero attached hydrogens (tertiary/aromatic N) is 1. The first kappa shape index (κ1) is 15.7. The van der Waals surface area contributed by atoms with Crippen LogP contribution in [0.1, 0.15) is 12.8 Å². The summed E-state index contributed by atoms with van der Waals surface area (Å²) in [7, 11) is -3.76. The van der Waals surface area contributed by atoms with Gasteiger partial charge in [0.15, 0.2) is 4.21 Å². The van der Waals surface area contributed by atoms with Gasteiger partial charge in [0.05, 0.1) is 10.9 Å². The van der Waals surface area contributed by atoms with Crippen molar-refractivity contribution in [2.24, 2.45) is 5.92 Å². The van der Waals surface area contributed by atoms with E-state index in [1.807, 2.05) is 12.1 Å². The van der Waals surface area contributed by atoms with Gasteiger partial charge < -0.3 is 5.11 Å². The first-order valence-electron chi connectivity index (χ1n) is 6.81. The predicted molar refractivity (Wildman–Crippen MR) is 86.0 cm³/mol. The number of carbonyl (C=O) groups is 1. The van der Waals surface area contributed by atoms with Crippen LogP contribution in [-0.2, 0) is 14.8 Å². The molecule has 0 spiro atoms. The molecule has 5 nitrogen and oxygen atoms in total. The van der Waals surface area contributed by atoms with Crippen LogP contribution in [0, 0.1) is 5.92 Å². The molecule has 0 amide bonds. The SMILES string of the molecule is O=C(O)C1CCCN(S(=O)(=O)c2sc3ccccc3c2Cl)C1. The Bertz CT molecular complexity index is 830. The summed E-state index contributed by atoms with van der Waals surface area (Å²) < 4.78 is 27.8. The fraction of sp³-hybridized carbons (Fsp3) is 0.357. The summed E-state index contributed by atoms with van der Waals surface area (Å²) in [4.78, 5) is 11.1. The fourth-order valence-electron chi connectivity index (χ4n) is 2.64. The molecule has 0 bridgehead atoms. The zero-order chi connectivity index (χ0) is 15.9. The summed E-state index contributed by atoms with van der Waals surface area (Å²) in [6.07, 6.45) is 1.04. The Hall–Kier alpha value is -1.15. The van der Waals surface area contributed by atoms with Crippen molar-refractivity contribution in [3.8, 4) is 0 Å². The molecule has 1 N–H and O–H groups in total. The standard InChI is InChI=1S/C14H14ClNO4S2/c15-12-10-5-1-2-6-11(10)21-14(12)22(19,20)16-7-3-4-9(8-16)13(17)18/h1-2,5-6,9H,3-4,7-8H2,(H,17,18). The van der Waals surface area contributed by atoms with E-state index in [1.54, 1.807) is 12.1 Å². The normalized spacial score (nSPS) is 20.3. The highest BCUT2D eigenvalue weighted by Crippen LogP contribution is 2.40. The quantitative estimate of drug-likeness (QED) is 0.914. The number of aliphatic carboxylic acids is 1. The van der Waals surface area contributed by atoms with Crippen molar-refractivity contribution in [2.75, 3.05) is 13.1 Å². The molecule has 1 atom stereocenters. The summed E-state index contributed by atoms with van der Waals surface area (Å²) in [6.45, 7) is 0.332. The first-order chi connectivity index (χ1) is 10.4. The molecule has 0 saturated carbocycles. The number of hydrogen-bond donors (Lipinski definition) is 1. The molecular formula is C14H14ClNO4S2. The summed E-state index contributed by atoms with van der Waals surface area (Å²) in [6, 6.07) is 7.23. The highest BCUT2D eigenvalue weighted by Gasteiger charge is 2.35. The maximum absolute atomic E-state index is 12.8. The molecule has 1 aliphatic rings. The number of sulfonamides is 1. The molecule has 1 unspecified atom stereocenters. The summed E-state index contributed by atoms with van der Waals surface area (Å²) in [5.74, 6) is -1.61. The number of carboxylic acids is 1. The molecule has 22 heavy (non-hydrogen) atoms. The van der Waals surface area contributed by atoms with E-state index >= 15 is 0 Å². The molecule has 1 aromatic carbocycles. The van der Waals surface area contributed by atoms with E-state index in [0.29, 0.717) is 24.8 Å². The second-order valence-corrected chi connectivity index (χ2v) is 8.80. The Morgan fingerprint density at radius 3 is 2.77 bits per heavy atom. The molecule has 1 aromatic heterocycles. The minimum Gasteiger partial charge on any atom is -0.481 e. The molecule has 2 heterocycles. The zero-order valence-electron chi connectivity index (χ0n) is 11.5. The Balaban J connectivity index is 2.01. The average Bonchev–Trinajstić information content (AvgIpc) is 2.86. The number of rotatable bonds is 3. The van der Waals surface area contributed by atoms with Crippen molar-refractivity contribution < 1.29 is 18.3 Å². The second kappa shape index (κ2) is 5.81. The molecule has 1 aliphatic heterocycles. The lowest BCUT2D eigenvalue weighted by molar-refractivity contribution is -0.142. The minimum absolute atomic E-state index is 0.00222. The smallest absolute Gasteiger partial charge is 0.307 e. The van der Waals surface area contributed by atoms with Crippen LogP contribution < -0.4 is 0 Å². The largest absolute Gasteiger partial charge is 0.481 e. The van der Waals surface area contributed by atoms with Crippen molar-refractivity contribution in [1.82, 2.24) is 4.31 Å². The van der Waals surface area contributed by atoms with Crippen molar-refractivity contribution in [3.05, 3.63) is 29.3 Å². The number of hydrogen-bond acceptors (Lipinski definition) is 4. The second-order valence-electron chi connectivity index (χ2n) is 5.24. The molecule has 2 aromatic rings. The molecule has 0 aliphatic carbocycles. The van der Waals surface area contributed by atoms with E-state index in [0.717, 1.165) is 16.0 Å². The van der Waals surface area contributed by atoms with Crippen LogP contribution in [0.4, 0.5) is 0 Å². The fourth-order valence-corrected chi connectivity index (χ4v) is 6.42. The molecular weight excluding hydrogens is 346 g/mol. The van der Waals surface area contributed by atoms with E-state index in [1.165, 1.54) is 4.31 Å². The van der Waals surface area contributed by atoms with E-state index in [9.17, 15) is 13.2 Å². The van der Waals surface area contributed by atoms with E-state index in [-0.39, 0.29) is 15.8 Å². The lowest BCUT2D eigenvalue weighted by atomic mass is 10.0. The molecule has 1 saturated heterocycles. The lowest BCUT2D eigenvalue weighted by Gasteiger charge is -2.29. The summed E-state index contributed by atoms with van der Waals surface area (Å²) in [5.41, 5.74) is 0. The van der Waals surface area contributed by atoms with Crippen LogP contribution in [0.25, 0.3) is 10.1 Å². The van der Waals surface area contributed by atoms with Gasteiger partial charge in [-0.25, -0.2) is 8.42 Å². The van der Waals surface area contributed by atoms with Gasteiger partial charge in [-0.3, -0.25) is 4.79 Å². The topological polar surface area (TPSA) is 74.7 Å². The van der Waals surface area contributed by atoms with Crippen molar-refractivity contribution in [1.29, 1.82) is 0 Å². The number of benzene rings is 1. The predicted octanol–water partition coefficient (Wildman–Crippen LogP) is 3.04. The highest BCUT2D eigenvalue weighted by atomic mass is 35.5. The van der Waals surface area contributed by atoms with Crippen LogP contribution >= 0.6 is 22.9 Å². The van der Waals surface area contributed by atoms with Crippen molar-refractivity contribution in [3.63, 3.8) is 0 Å². The first-order valence-corrected chi connectivity index (χ1v) is 9.44. The van der Waals surface area contributed by atoms with E-state index < -0.39 is 21.9 Å². The van der Waals surface area contributed by atoms with Crippen LogP contribution in [0.2, 0.25) is 5.02 Å². The van der Waals surface area contributed by atoms with E-state index in [4.69, 9.17) is 16.7 Å². The molecule has 0 radical (unpaired) electrons. The molecule has 8 heteroatoms. The Labute approximate surface area is 137 Å². The van der Waals surface area contributed by atoms with Crippen LogP contribution in [0.3, 0.4) is 0 Å². The lowest BCUT2D eigenvalue weighted by Crippen LogP contribution is -2.42. The number of carboxylic acid groups (broad SMARTS) is 1.